The van der Waals surface area contributed by atoms with Gasteiger partial charge in [-0.25, -0.2) is 0 Å². The van der Waals surface area contributed by atoms with Crippen LogP contribution in [0.25, 0.3) is 0 Å². The molecule has 3 rings (SSSR count). The third-order valence-electron chi connectivity index (χ3n) is 3.17. The van der Waals surface area contributed by atoms with Crippen LogP contribution in [0.5, 0.6) is 0 Å². The predicted molar refractivity (Wildman–Crippen MR) is 71.4 cm³/mol. The monoisotopic (exact) mass is 327 g/mol. The molecule has 0 aliphatic heterocycles. The van der Waals surface area contributed by atoms with Gasteiger partial charge in [-0.05, 0) is 0 Å². The molecule has 2 aromatic rings. The van der Waals surface area contributed by atoms with Crippen LogP contribution in [-0.2, 0) is 21.1 Å². The van der Waals surface area contributed by atoms with E-state index in [1.54, 1.807) is 12.1 Å². The van der Waals surface area contributed by atoms with Crippen molar-refractivity contribution in [2.45, 2.75) is 24.7 Å². The molecule has 0 radical (unpaired) electrons. The van der Waals surface area contributed by atoms with Crippen LogP contribution in [0.4, 0.5) is 0 Å². The van der Waals surface area contributed by atoms with Gasteiger partial charge in [-0.3, -0.25) is 0 Å². The summed E-state index contributed by atoms with van der Waals surface area (Å²) < 4.78 is 26.5. The minimum absolute atomic E-state index is 0.426. The first-order valence-corrected chi connectivity index (χ1v) is 10.0. The second kappa shape index (κ2) is 4.26. The molecule has 0 atom stereocenters. The number of aryl methyl sites for hydroxylation is 2. The van der Waals surface area contributed by atoms with Gasteiger partial charge in [-0.1, -0.05) is 0 Å². The number of hydrogen-bond donors (Lipinski definition) is 0. The van der Waals surface area contributed by atoms with Crippen LogP contribution in [-0.4, -0.2) is 26.1 Å². The first kappa shape index (κ1) is 12.0. The molecule has 0 unspecified atom stereocenters. The average Bonchev–Trinajstić information content (AvgIpc) is 2.52. The topological polar surface area (TPSA) is 39.1 Å². The molecule has 0 saturated carbocycles. The number of aromatic nitrogens is 1. The molecule has 1 aromatic heterocycles. The number of hydrogen-bond acceptors (Lipinski definition) is 2. The van der Waals surface area contributed by atoms with E-state index in [0.29, 0.717) is 4.90 Å². The fourth-order valence-electron chi connectivity index (χ4n) is 1.98. The maximum atomic E-state index is 12.3. The number of benzene rings is 1. The van der Waals surface area contributed by atoms with Crippen LogP contribution in [0.2, 0.25) is 0 Å². The van der Waals surface area contributed by atoms with Crippen molar-refractivity contribution in [1.82, 2.24) is 3.58 Å². The van der Waals surface area contributed by atoms with Gasteiger partial charge in [-0.15, -0.1) is 0 Å². The summed E-state index contributed by atoms with van der Waals surface area (Å²) in [5.74, 6) is 0. The van der Waals surface area contributed by atoms with E-state index in [-0.39, 0.29) is 0 Å². The van der Waals surface area contributed by atoms with Crippen LogP contribution in [0, 0.1) is 6.92 Å². The summed E-state index contributed by atoms with van der Waals surface area (Å²) in [6.07, 6.45) is 4.00. The van der Waals surface area contributed by atoms with Gasteiger partial charge >= 0.3 is 112 Å². The molecular weight excluding hydrogens is 313 g/mol. The van der Waals surface area contributed by atoms with Gasteiger partial charge in [0.15, 0.2) is 0 Å². The van der Waals surface area contributed by atoms with Crippen molar-refractivity contribution in [3.8, 4) is 0 Å². The molecule has 0 fully saturated rings. The summed E-state index contributed by atoms with van der Waals surface area (Å²) in [6, 6.07) is 9.11. The Morgan fingerprint density at radius 2 is 1.83 bits per heavy atom. The molecule has 1 aliphatic carbocycles. The second-order valence-electron chi connectivity index (χ2n) is 4.46. The Balaban J connectivity index is 1.91. The van der Waals surface area contributed by atoms with E-state index in [0.717, 1.165) is 18.4 Å². The van der Waals surface area contributed by atoms with E-state index in [9.17, 15) is 8.42 Å². The first-order chi connectivity index (χ1) is 8.56. The van der Waals surface area contributed by atoms with E-state index >= 15 is 0 Å². The third kappa shape index (κ3) is 2.03. The van der Waals surface area contributed by atoms with E-state index in [1.165, 1.54) is 11.3 Å². The van der Waals surface area contributed by atoms with Crippen LogP contribution in [0.15, 0.2) is 41.4 Å². The fourth-order valence-corrected chi connectivity index (χ4v) is 6.91. The van der Waals surface area contributed by atoms with E-state index in [2.05, 4.69) is 0 Å². The summed E-state index contributed by atoms with van der Waals surface area (Å²) in [5, 5.41) is 0. The Labute approximate surface area is 112 Å². The van der Waals surface area contributed by atoms with Crippen molar-refractivity contribution in [1.29, 1.82) is 0 Å². The van der Waals surface area contributed by atoms with Gasteiger partial charge in [0.2, 0.25) is 0 Å². The van der Waals surface area contributed by atoms with Crippen LogP contribution in [0.1, 0.15) is 16.8 Å². The average molecular weight is 326 g/mol. The molecule has 0 saturated heterocycles. The van der Waals surface area contributed by atoms with E-state index < -0.39 is 22.3 Å². The molecule has 1 heterocycles. The number of rotatable bonds is 3. The van der Waals surface area contributed by atoms with Crippen LogP contribution < -0.4 is 0 Å². The Kier molecular flexibility index (Phi) is 2.85. The van der Waals surface area contributed by atoms with Crippen molar-refractivity contribution in [3.63, 3.8) is 0 Å². The Morgan fingerprint density at radius 3 is 2.39 bits per heavy atom. The molecule has 0 spiro atoms. The van der Waals surface area contributed by atoms with Crippen molar-refractivity contribution in [2.24, 2.45) is 0 Å². The van der Waals surface area contributed by atoms with E-state index in [4.69, 9.17) is 0 Å². The van der Waals surface area contributed by atoms with Crippen LogP contribution >= 0.6 is 0 Å². The molecule has 94 valence electrons. The van der Waals surface area contributed by atoms with Crippen LogP contribution in [0.3, 0.4) is 0 Å². The zero-order valence-electron chi connectivity index (χ0n) is 9.96. The summed E-state index contributed by atoms with van der Waals surface area (Å²) in [4.78, 5) is 0.426. The third-order valence-corrected chi connectivity index (χ3v) is 8.55. The normalized spacial score (nSPS) is 14.1. The molecule has 0 amide bonds. The van der Waals surface area contributed by atoms with Gasteiger partial charge in [0.25, 0.3) is 0 Å². The van der Waals surface area contributed by atoms with Gasteiger partial charge in [0.05, 0.1) is 0 Å². The molecule has 1 aromatic carbocycles. The molecule has 0 bridgehead atoms. The zero-order valence-corrected chi connectivity index (χ0v) is 12.5. The van der Waals surface area contributed by atoms with Gasteiger partial charge < -0.3 is 0 Å². The Bertz CT molecular complexity index is 686. The van der Waals surface area contributed by atoms with E-state index in [1.807, 2.05) is 34.9 Å². The molecule has 1 aliphatic rings. The van der Waals surface area contributed by atoms with Gasteiger partial charge in [0, 0.05) is 0 Å². The van der Waals surface area contributed by atoms with Gasteiger partial charge in [-0.2, -0.15) is 0 Å². The molecule has 0 N–H and O–H groups in total. The van der Waals surface area contributed by atoms with Crippen molar-refractivity contribution >= 4 is 22.3 Å². The predicted octanol–water partition coefficient (Wildman–Crippen LogP) is 1.75. The summed E-state index contributed by atoms with van der Waals surface area (Å²) in [6.45, 7) is 1.95. The minimum atomic E-state index is -3.18. The fraction of sp³-hybridized carbons (Fsp3) is 0.231. The van der Waals surface area contributed by atoms with Gasteiger partial charge in [0.1, 0.15) is 0 Å². The zero-order chi connectivity index (χ0) is 12.8. The SMILES string of the molecule is Cc1ccc(S(=O)(=O)[Se]n2ccc3c2CC3)cc1. The molecule has 5 heteroatoms. The first-order valence-electron chi connectivity index (χ1n) is 5.77. The van der Waals surface area contributed by atoms with Crippen molar-refractivity contribution in [3.05, 3.63) is 53.3 Å². The standard InChI is InChI=1S/C13H13NO2SSe/c1-10-2-5-12(6-3-10)17(15,16)18-14-9-8-11-4-7-13(11)14/h2-3,5-6,8-9H,4,7H2,1H3. The maximum absolute atomic E-state index is 12.3. The number of nitrogens with zero attached hydrogens (tertiary/aromatic N) is 1. The quantitative estimate of drug-likeness (QED) is 0.806. The Morgan fingerprint density at radius 1 is 1.11 bits per heavy atom. The summed E-state index contributed by atoms with van der Waals surface area (Å²) in [5.41, 5.74) is 3.58. The van der Waals surface area contributed by atoms with Crippen molar-refractivity contribution in [2.75, 3.05) is 0 Å². The molecular formula is C13H13NO2SSe. The molecule has 3 nitrogen and oxygen atoms in total. The Hall–Kier alpha value is -1.03. The van der Waals surface area contributed by atoms with Crippen molar-refractivity contribution < 1.29 is 8.42 Å². The molecule has 18 heavy (non-hydrogen) atoms. The summed E-state index contributed by atoms with van der Waals surface area (Å²) in [7, 11) is -3.18. The number of fused-ring (bicyclic) bond motifs is 1. The summed E-state index contributed by atoms with van der Waals surface area (Å²) >= 11 is -0.587. The second-order valence-corrected chi connectivity index (χ2v) is 10.5.